The first-order valence-electron chi connectivity index (χ1n) is 9.54. The number of aromatic nitrogens is 2. The molecule has 2 bridgehead atoms. The van der Waals surface area contributed by atoms with Gasteiger partial charge >= 0.3 is 0 Å². The Morgan fingerprint density at radius 3 is 2.92 bits per heavy atom. The molecule has 25 heavy (non-hydrogen) atoms. The standard InChI is InChI=1S/C22H25N3/c1-24-17-7-4-10-20(24)22-18-8-2-3-9-19(18)25(21(22)14-17)13-11-16-6-5-12-23-15-16/h2-3,5-6,8-9,12,15,17,20H,4,7,10-11,13-14H2,1H3. The van der Waals surface area contributed by atoms with Gasteiger partial charge < -0.3 is 4.57 Å². The predicted octanol–water partition coefficient (Wildman–Crippen LogP) is 4.36. The lowest BCUT2D eigenvalue weighted by atomic mass is 9.82. The first-order valence-corrected chi connectivity index (χ1v) is 9.54. The molecule has 0 N–H and O–H groups in total. The van der Waals surface area contributed by atoms with E-state index in [4.69, 9.17) is 0 Å². The zero-order valence-corrected chi connectivity index (χ0v) is 14.9. The Balaban J connectivity index is 1.61. The summed E-state index contributed by atoms with van der Waals surface area (Å²) in [7, 11) is 2.33. The Morgan fingerprint density at radius 1 is 1.12 bits per heavy atom. The molecule has 5 rings (SSSR count). The molecule has 1 aromatic carbocycles. The van der Waals surface area contributed by atoms with E-state index < -0.39 is 0 Å². The lowest BCUT2D eigenvalue weighted by Gasteiger charge is -2.44. The van der Waals surface area contributed by atoms with E-state index in [0.29, 0.717) is 12.1 Å². The van der Waals surface area contributed by atoms with Gasteiger partial charge in [0.1, 0.15) is 0 Å². The summed E-state index contributed by atoms with van der Waals surface area (Å²) >= 11 is 0. The predicted molar refractivity (Wildman–Crippen MR) is 102 cm³/mol. The van der Waals surface area contributed by atoms with Crippen LogP contribution in [0.2, 0.25) is 0 Å². The van der Waals surface area contributed by atoms with Crippen molar-refractivity contribution in [3.8, 4) is 0 Å². The second kappa shape index (κ2) is 5.99. The monoisotopic (exact) mass is 331 g/mol. The van der Waals surface area contributed by atoms with Gasteiger partial charge in [-0.05, 0) is 56.0 Å². The van der Waals surface area contributed by atoms with Crippen LogP contribution in [0.3, 0.4) is 0 Å². The van der Waals surface area contributed by atoms with Crippen molar-refractivity contribution in [2.75, 3.05) is 7.05 Å². The van der Waals surface area contributed by atoms with E-state index in [0.717, 1.165) is 13.0 Å². The first kappa shape index (κ1) is 15.2. The number of nitrogens with zero attached hydrogens (tertiary/aromatic N) is 3. The van der Waals surface area contributed by atoms with Gasteiger partial charge in [-0.3, -0.25) is 9.88 Å². The molecule has 0 aliphatic carbocycles. The molecule has 1 fully saturated rings. The molecule has 3 heteroatoms. The highest BCUT2D eigenvalue weighted by atomic mass is 15.2. The molecule has 2 aliphatic heterocycles. The highest BCUT2D eigenvalue weighted by molar-refractivity contribution is 5.86. The van der Waals surface area contributed by atoms with Crippen LogP contribution in [0.5, 0.6) is 0 Å². The smallest absolute Gasteiger partial charge is 0.0486 e. The zero-order valence-electron chi connectivity index (χ0n) is 14.9. The number of rotatable bonds is 3. The number of hydrogen-bond acceptors (Lipinski definition) is 2. The Morgan fingerprint density at radius 2 is 2.04 bits per heavy atom. The fraction of sp³-hybridized carbons (Fsp3) is 0.409. The van der Waals surface area contributed by atoms with E-state index in [1.54, 1.807) is 11.3 Å². The summed E-state index contributed by atoms with van der Waals surface area (Å²) in [4.78, 5) is 6.92. The zero-order chi connectivity index (χ0) is 16.8. The van der Waals surface area contributed by atoms with Gasteiger partial charge in [-0.2, -0.15) is 0 Å². The Hall–Kier alpha value is -2.13. The Bertz CT molecular complexity index is 896. The Labute approximate surface area is 149 Å². The molecule has 3 aromatic rings. The van der Waals surface area contributed by atoms with E-state index in [1.165, 1.54) is 42.1 Å². The molecule has 2 atom stereocenters. The van der Waals surface area contributed by atoms with Gasteiger partial charge in [0.2, 0.25) is 0 Å². The maximum Gasteiger partial charge on any atom is 0.0486 e. The number of aryl methyl sites for hydroxylation is 2. The summed E-state index contributed by atoms with van der Waals surface area (Å²) in [5, 5.41) is 1.47. The number of piperidine rings is 1. The molecule has 0 saturated carbocycles. The summed E-state index contributed by atoms with van der Waals surface area (Å²) in [6, 6.07) is 14.6. The number of likely N-dealkylation sites (N-methyl/N-ethyl adjacent to an activating group) is 1. The highest BCUT2D eigenvalue weighted by Crippen LogP contribution is 2.45. The van der Waals surface area contributed by atoms with Crippen LogP contribution in [0.15, 0.2) is 48.8 Å². The van der Waals surface area contributed by atoms with Gasteiger partial charge in [-0.1, -0.05) is 24.3 Å². The van der Waals surface area contributed by atoms with Gasteiger partial charge in [0.15, 0.2) is 0 Å². The lowest BCUT2D eigenvalue weighted by Crippen LogP contribution is -2.44. The molecular weight excluding hydrogens is 306 g/mol. The van der Waals surface area contributed by atoms with Crippen LogP contribution in [-0.4, -0.2) is 27.5 Å². The van der Waals surface area contributed by atoms with E-state index in [9.17, 15) is 0 Å². The molecule has 0 amide bonds. The molecule has 4 heterocycles. The third-order valence-electron chi connectivity index (χ3n) is 6.31. The van der Waals surface area contributed by atoms with Crippen molar-refractivity contribution < 1.29 is 0 Å². The van der Waals surface area contributed by atoms with Crippen molar-refractivity contribution in [1.82, 2.24) is 14.5 Å². The minimum absolute atomic E-state index is 0.604. The number of fused-ring (bicyclic) bond motifs is 6. The third-order valence-corrected chi connectivity index (χ3v) is 6.31. The van der Waals surface area contributed by atoms with Gasteiger partial charge in [0.05, 0.1) is 0 Å². The summed E-state index contributed by atoms with van der Waals surface area (Å²) in [5.74, 6) is 0. The van der Waals surface area contributed by atoms with Crippen LogP contribution in [0.4, 0.5) is 0 Å². The van der Waals surface area contributed by atoms with Crippen molar-refractivity contribution in [3.63, 3.8) is 0 Å². The van der Waals surface area contributed by atoms with Crippen molar-refractivity contribution >= 4 is 10.9 Å². The Kier molecular flexibility index (Phi) is 3.63. The summed E-state index contributed by atoms with van der Waals surface area (Å²) in [6.45, 7) is 1.05. The summed E-state index contributed by atoms with van der Waals surface area (Å²) < 4.78 is 2.61. The second-order valence-electron chi connectivity index (χ2n) is 7.61. The molecule has 2 aromatic heterocycles. The van der Waals surface area contributed by atoms with Gasteiger partial charge in [0.25, 0.3) is 0 Å². The molecular formula is C22H25N3. The quantitative estimate of drug-likeness (QED) is 0.711. The van der Waals surface area contributed by atoms with E-state index in [1.807, 2.05) is 18.5 Å². The number of pyridine rings is 1. The third kappa shape index (κ3) is 2.41. The topological polar surface area (TPSA) is 21.1 Å². The maximum absolute atomic E-state index is 4.27. The van der Waals surface area contributed by atoms with Crippen LogP contribution < -0.4 is 0 Å². The van der Waals surface area contributed by atoms with Crippen LogP contribution in [0.25, 0.3) is 10.9 Å². The second-order valence-corrected chi connectivity index (χ2v) is 7.61. The fourth-order valence-corrected chi connectivity index (χ4v) is 5.04. The summed E-state index contributed by atoms with van der Waals surface area (Å²) in [5.41, 5.74) is 5.94. The van der Waals surface area contributed by atoms with E-state index >= 15 is 0 Å². The van der Waals surface area contributed by atoms with Crippen molar-refractivity contribution in [2.45, 2.75) is 50.7 Å². The normalized spacial score (nSPS) is 22.9. The fourth-order valence-electron chi connectivity index (χ4n) is 5.04. The summed E-state index contributed by atoms with van der Waals surface area (Å²) in [6.07, 6.45) is 10.1. The van der Waals surface area contributed by atoms with Gasteiger partial charge in [-0.25, -0.2) is 0 Å². The minimum atomic E-state index is 0.604. The average molecular weight is 331 g/mol. The highest BCUT2D eigenvalue weighted by Gasteiger charge is 2.38. The van der Waals surface area contributed by atoms with Crippen LogP contribution in [0.1, 0.15) is 42.1 Å². The van der Waals surface area contributed by atoms with Crippen LogP contribution >= 0.6 is 0 Å². The first-order chi connectivity index (χ1) is 12.3. The number of benzene rings is 1. The molecule has 0 radical (unpaired) electrons. The molecule has 1 saturated heterocycles. The molecule has 2 unspecified atom stereocenters. The molecule has 128 valence electrons. The van der Waals surface area contributed by atoms with Crippen molar-refractivity contribution in [3.05, 3.63) is 65.6 Å². The molecule has 3 nitrogen and oxygen atoms in total. The van der Waals surface area contributed by atoms with E-state index in [-0.39, 0.29) is 0 Å². The van der Waals surface area contributed by atoms with Crippen molar-refractivity contribution in [2.24, 2.45) is 0 Å². The SMILES string of the molecule is CN1C2CCCC1c1c(n(CCc3cccnc3)c3ccccc13)C2. The van der Waals surface area contributed by atoms with E-state index in [2.05, 4.69) is 51.8 Å². The largest absolute Gasteiger partial charge is 0.344 e. The maximum atomic E-state index is 4.27. The molecule has 2 aliphatic rings. The van der Waals surface area contributed by atoms with Crippen LogP contribution in [-0.2, 0) is 19.4 Å². The average Bonchev–Trinajstić information content (AvgIpc) is 2.94. The molecule has 0 spiro atoms. The van der Waals surface area contributed by atoms with Gasteiger partial charge in [-0.15, -0.1) is 0 Å². The lowest BCUT2D eigenvalue weighted by molar-refractivity contribution is 0.0988. The number of para-hydroxylation sites is 1. The minimum Gasteiger partial charge on any atom is -0.344 e. The van der Waals surface area contributed by atoms with Crippen LogP contribution in [0, 0.1) is 0 Å². The van der Waals surface area contributed by atoms with Gasteiger partial charge in [0, 0.05) is 54.0 Å². The number of hydrogen-bond donors (Lipinski definition) is 0. The van der Waals surface area contributed by atoms with Crippen molar-refractivity contribution in [1.29, 1.82) is 0 Å².